The van der Waals surface area contributed by atoms with E-state index in [0.29, 0.717) is 6.54 Å². The van der Waals surface area contributed by atoms with Crippen molar-refractivity contribution in [3.63, 3.8) is 0 Å². The molecule has 0 fully saturated rings. The molecule has 0 spiro atoms. The van der Waals surface area contributed by atoms with Gasteiger partial charge in [0, 0.05) is 6.54 Å². The van der Waals surface area contributed by atoms with E-state index in [2.05, 4.69) is 57.7 Å². The monoisotopic (exact) mass is 488 g/mol. The minimum absolute atomic E-state index is 0.0294. The summed E-state index contributed by atoms with van der Waals surface area (Å²) in [6.07, 6.45) is 7.06. The lowest BCUT2D eigenvalue weighted by molar-refractivity contribution is 0.400. The topological polar surface area (TPSA) is 64.7 Å². The van der Waals surface area contributed by atoms with Crippen LogP contribution in [-0.4, -0.2) is 40.5 Å². The fourth-order valence-electron chi connectivity index (χ4n) is 3.93. The van der Waals surface area contributed by atoms with Gasteiger partial charge in [0.2, 0.25) is 10.0 Å². The summed E-state index contributed by atoms with van der Waals surface area (Å²) in [4.78, 5) is 2.30. The summed E-state index contributed by atoms with van der Waals surface area (Å²) in [6, 6.07) is 27.4. The second-order valence-electron chi connectivity index (χ2n) is 8.75. The summed E-state index contributed by atoms with van der Waals surface area (Å²) in [5, 5.41) is 2.06. The SMILES string of the molecule is CN(C)CCCNS(=O)(=O)c1ccc(N2NC(C=Cc3ccccc3)=CC2c2ccccc2)cc1. The number of hydrogen-bond acceptors (Lipinski definition) is 5. The van der Waals surface area contributed by atoms with E-state index < -0.39 is 10.0 Å². The van der Waals surface area contributed by atoms with Crippen LogP contribution < -0.4 is 15.2 Å². The molecule has 0 saturated heterocycles. The number of sulfonamides is 1. The van der Waals surface area contributed by atoms with Crippen LogP contribution in [0.3, 0.4) is 0 Å². The van der Waals surface area contributed by atoms with Crippen LogP contribution in [0.15, 0.2) is 108 Å². The highest BCUT2D eigenvalue weighted by Crippen LogP contribution is 2.33. The molecule has 0 aliphatic carbocycles. The summed E-state index contributed by atoms with van der Waals surface area (Å²) in [5.41, 5.74) is 7.59. The van der Waals surface area contributed by atoms with Crippen molar-refractivity contribution >= 4 is 21.8 Å². The minimum Gasteiger partial charge on any atom is -0.309 e. The summed E-state index contributed by atoms with van der Waals surface area (Å²) in [6.45, 7) is 1.24. The van der Waals surface area contributed by atoms with Crippen LogP contribution in [0.25, 0.3) is 6.08 Å². The Balaban J connectivity index is 1.52. The third-order valence-corrected chi connectivity index (χ3v) is 7.24. The van der Waals surface area contributed by atoms with Crippen LogP contribution in [-0.2, 0) is 10.0 Å². The van der Waals surface area contributed by atoms with E-state index in [-0.39, 0.29) is 10.9 Å². The summed E-state index contributed by atoms with van der Waals surface area (Å²) in [5.74, 6) is 0. The van der Waals surface area contributed by atoms with Gasteiger partial charge in [-0.05, 0) is 74.6 Å². The molecule has 0 radical (unpaired) electrons. The zero-order valence-corrected chi connectivity index (χ0v) is 20.9. The van der Waals surface area contributed by atoms with Gasteiger partial charge in [-0.1, -0.05) is 66.7 Å². The van der Waals surface area contributed by atoms with Gasteiger partial charge in [-0.3, -0.25) is 10.4 Å². The molecule has 182 valence electrons. The van der Waals surface area contributed by atoms with Crippen molar-refractivity contribution in [1.82, 2.24) is 15.0 Å². The van der Waals surface area contributed by atoms with Gasteiger partial charge >= 0.3 is 0 Å². The van der Waals surface area contributed by atoms with Crippen molar-refractivity contribution < 1.29 is 8.42 Å². The molecule has 3 aromatic rings. The Hall–Kier alpha value is -3.39. The molecule has 2 N–H and O–H groups in total. The molecular formula is C28H32N4O2S. The molecular weight excluding hydrogens is 456 g/mol. The van der Waals surface area contributed by atoms with E-state index in [1.54, 1.807) is 12.1 Å². The van der Waals surface area contributed by atoms with Gasteiger partial charge in [0.15, 0.2) is 0 Å². The number of hydrogen-bond donors (Lipinski definition) is 2. The van der Waals surface area contributed by atoms with Gasteiger partial charge in [0.05, 0.1) is 22.3 Å². The minimum atomic E-state index is -3.55. The fraction of sp³-hybridized carbons (Fsp3) is 0.214. The van der Waals surface area contributed by atoms with Crippen molar-refractivity contribution in [2.45, 2.75) is 17.4 Å². The molecule has 0 amide bonds. The standard InChI is InChI=1S/C28H32N4O2S/c1-31(2)21-9-20-29-35(33,34)27-18-16-26(17-19-27)32-28(24-12-7-4-8-13-24)22-25(30-32)15-14-23-10-5-3-6-11-23/h3-8,10-19,22,28-30H,9,20-21H2,1-2H3. The average Bonchev–Trinajstić information content (AvgIpc) is 3.31. The lowest BCUT2D eigenvalue weighted by Crippen LogP contribution is -2.34. The summed E-state index contributed by atoms with van der Waals surface area (Å²) in [7, 11) is 0.399. The molecule has 1 unspecified atom stereocenters. The maximum atomic E-state index is 12.7. The highest BCUT2D eigenvalue weighted by molar-refractivity contribution is 7.89. The zero-order chi connectivity index (χ0) is 24.7. The number of benzene rings is 3. The number of nitrogens with one attached hydrogen (secondary N) is 2. The third-order valence-electron chi connectivity index (χ3n) is 5.76. The second-order valence-corrected chi connectivity index (χ2v) is 10.5. The van der Waals surface area contributed by atoms with E-state index in [9.17, 15) is 8.42 Å². The first-order chi connectivity index (χ1) is 16.9. The molecule has 0 aromatic heterocycles. The van der Waals surface area contributed by atoms with Crippen LogP contribution >= 0.6 is 0 Å². The molecule has 6 nitrogen and oxygen atoms in total. The van der Waals surface area contributed by atoms with E-state index in [4.69, 9.17) is 0 Å². The van der Waals surface area contributed by atoms with E-state index >= 15 is 0 Å². The summed E-state index contributed by atoms with van der Waals surface area (Å²) >= 11 is 0. The summed E-state index contributed by atoms with van der Waals surface area (Å²) < 4.78 is 28.1. The number of hydrazine groups is 1. The van der Waals surface area contributed by atoms with Crippen molar-refractivity contribution in [2.24, 2.45) is 0 Å². The second kappa shape index (κ2) is 11.4. The van der Waals surface area contributed by atoms with Crippen molar-refractivity contribution in [3.8, 4) is 0 Å². The van der Waals surface area contributed by atoms with Crippen molar-refractivity contribution in [2.75, 3.05) is 32.2 Å². The highest BCUT2D eigenvalue weighted by atomic mass is 32.2. The maximum Gasteiger partial charge on any atom is 0.240 e. The van der Waals surface area contributed by atoms with E-state index in [1.165, 1.54) is 0 Å². The molecule has 3 aromatic carbocycles. The quantitative estimate of drug-likeness (QED) is 0.409. The molecule has 1 heterocycles. The van der Waals surface area contributed by atoms with E-state index in [1.807, 2.05) is 67.5 Å². The number of rotatable bonds is 10. The maximum absolute atomic E-state index is 12.7. The Labute approximate surface area is 208 Å². The van der Waals surface area contributed by atoms with Gasteiger partial charge in [-0.25, -0.2) is 13.1 Å². The number of nitrogens with zero attached hydrogens (tertiary/aromatic N) is 2. The first kappa shape index (κ1) is 24.7. The molecule has 1 aliphatic heterocycles. The molecule has 0 saturated carbocycles. The Morgan fingerprint density at radius 2 is 1.57 bits per heavy atom. The zero-order valence-electron chi connectivity index (χ0n) is 20.1. The number of allylic oxidation sites excluding steroid dienone is 1. The Morgan fingerprint density at radius 1 is 0.914 bits per heavy atom. The fourth-order valence-corrected chi connectivity index (χ4v) is 5.00. The average molecular weight is 489 g/mol. The highest BCUT2D eigenvalue weighted by Gasteiger charge is 2.26. The van der Waals surface area contributed by atoms with Gasteiger partial charge in [0.1, 0.15) is 0 Å². The van der Waals surface area contributed by atoms with Gasteiger partial charge in [-0.2, -0.15) is 0 Å². The molecule has 7 heteroatoms. The van der Waals surface area contributed by atoms with Crippen LogP contribution in [0, 0.1) is 0 Å². The van der Waals surface area contributed by atoms with E-state index in [0.717, 1.165) is 35.5 Å². The first-order valence-corrected chi connectivity index (χ1v) is 13.2. The predicted molar refractivity (Wildman–Crippen MR) is 143 cm³/mol. The Kier molecular flexibility index (Phi) is 8.02. The lowest BCUT2D eigenvalue weighted by Gasteiger charge is -2.27. The van der Waals surface area contributed by atoms with Crippen LogP contribution in [0.5, 0.6) is 0 Å². The van der Waals surface area contributed by atoms with Gasteiger partial charge in [0.25, 0.3) is 0 Å². The Morgan fingerprint density at radius 3 is 2.23 bits per heavy atom. The molecule has 35 heavy (non-hydrogen) atoms. The van der Waals surface area contributed by atoms with Crippen molar-refractivity contribution in [1.29, 1.82) is 0 Å². The lowest BCUT2D eigenvalue weighted by atomic mass is 10.1. The first-order valence-electron chi connectivity index (χ1n) is 11.7. The largest absolute Gasteiger partial charge is 0.309 e. The molecule has 1 atom stereocenters. The van der Waals surface area contributed by atoms with Crippen LogP contribution in [0.2, 0.25) is 0 Å². The van der Waals surface area contributed by atoms with Crippen LogP contribution in [0.4, 0.5) is 5.69 Å². The third kappa shape index (κ3) is 6.60. The van der Waals surface area contributed by atoms with Gasteiger partial charge in [-0.15, -0.1) is 0 Å². The predicted octanol–water partition coefficient (Wildman–Crippen LogP) is 4.58. The molecule has 4 rings (SSSR count). The van der Waals surface area contributed by atoms with Gasteiger partial charge < -0.3 is 4.90 Å². The smallest absolute Gasteiger partial charge is 0.240 e. The Bertz CT molecular complexity index is 1260. The van der Waals surface area contributed by atoms with Crippen molar-refractivity contribution in [3.05, 3.63) is 114 Å². The normalized spacial score (nSPS) is 16.0. The molecule has 0 bridgehead atoms. The number of anilines is 1. The molecule has 1 aliphatic rings. The van der Waals surface area contributed by atoms with Crippen LogP contribution in [0.1, 0.15) is 23.6 Å².